The zero-order valence-electron chi connectivity index (χ0n) is 11.5. The van der Waals surface area contributed by atoms with E-state index in [9.17, 15) is 0 Å². The molecule has 1 aromatic carbocycles. The van der Waals surface area contributed by atoms with Crippen molar-refractivity contribution >= 4 is 42.6 Å². The monoisotopic (exact) mass is 358 g/mol. The number of methoxy groups -OCH3 is 1. The van der Waals surface area contributed by atoms with Crippen molar-refractivity contribution in [3.63, 3.8) is 0 Å². The molecule has 0 atom stereocenters. The van der Waals surface area contributed by atoms with Crippen LogP contribution < -0.4 is 5.32 Å². The Morgan fingerprint density at radius 2 is 2.15 bits per heavy atom. The molecule has 0 saturated heterocycles. The number of halogens is 1. The number of benzene rings is 1. The van der Waals surface area contributed by atoms with Crippen LogP contribution in [0.2, 0.25) is 0 Å². The number of hydrogen-bond acceptors (Lipinski definition) is 5. The molecule has 0 spiro atoms. The van der Waals surface area contributed by atoms with Gasteiger partial charge in [0.25, 0.3) is 0 Å². The lowest BCUT2D eigenvalue weighted by Crippen LogP contribution is -2.06. The van der Waals surface area contributed by atoms with Crippen molar-refractivity contribution in [1.82, 2.24) is 4.98 Å². The van der Waals surface area contributed by atoms with Crippen molar-refractivity contribution in [3.8, 4) is 0 Å². The van der Waals surface area contributed by atoms with E-state index in [1.807, 2.05) is 12.1 Å². The highest BCUT2D eigenvalue weighted by molar-refractivity contribution is 9.10. The van der Waals surface area contributed by atoms with E-state index in [0.717, 1.165) is 41.1 Å². The van der Waals surface area contributed by atoms with Crippen LogP contribution in [-0.4, -0.2) is 38.5 Å². The van der Waals surface area contributed by atoms with E-state index in [1.54, 1.807) is 18.4 Å². The Morgan fingerprint density at radius 1 is 1.25 bits per heavy atom. The van der Waals surface area contributed by atoms with Crippen LogP contribution in [0.4, 0.5) is 5.13 Å². The SMILES string of the molecule is COCCOCCCCNc1nc2cc(Br)ccc2s1. The lowest BCUT2D eigenvalue weighted by Gasteiger charge is -2.04. The maximum absolute atomic E-state index is 5.42. The van der Waals surface area contributed by atoms with Gasteiger partial charge < -0.3 is 14.8 Å². The van der Waals surface area contributed by atoms with E-state index in [-0.39, 0.29) is 0 Å². The van der Waals surface area contributed by atoms with Gasteiger partial charge in [-0.1, -0.05) is 27.3 Å². The number of nitrogens with zero attached hydrogens (tertiary/aromatic N) is 1. The Morgan fingerprint density at radius 3 is 3.00 bits per heavy atom. The highest BCUT2D eigenvalue weighted by Crippen LogP contribution is 2.28. The first kappa shape index (κ1) is 15.7. The van der Waals surface area contributed by atoms with Crippen molar-refractivity contribution in [2.24, 2.45) is 0 Å². The summed E-state index contributed by atoms with van der Waals surface area (Å²) < 4.78 is 12.6. The molecule has 1 heterocycles. The van der Waals surface area contributed by atoms with Gasteiger partial charge in [0.15, 0.2) is 5.13 Å². The standard InChI is InChI=1S/C14H19BrN2O2S/c1-18-8-9-19-7-3-2-6-16-14-17-12-10-11(15)4-5-13(12)20-14/h4-5,10H,2-3,6-9H2,1H3,(H,16,17). The third kappa shape index (κ3) is 5.01. The van der Waals surface area contributed by atoms with Gasteiger partial charge in [-0.05, 0) is 31.0 Å². The first-order valence-electron chi connectivity index (χ1n) is 6.66. The number of unbranched alkanes of at least 4 members (excludes halogenated alkanes) is 1. The fourth-order valence-electron chi connectivity index (χ4n) is 1.74. The average molecular weight is 359 g/mol. The van der Waals surface area contributed by atoms with Crippen molar-refractivity contribution < 1.29 is 9.47 Å². The van der Waals surface area contributed by atoms with Crippen LogP contribution in [-0.2, 0) is 9.47 Å². The summed E-state index contributed by atoms with van der Waals surface area (Å²) in [6.07, 6.45) is 2.12. The van der Waals surface area contributed by atoms with Crippen LogP contribution in [0.1, 0.15) is 12.8 Å². The van der Waals surface area contributed by atoms with E-state index in [0.29, 0.717) is 13.2 Å². The Hall–Kier alpha value is -0.690. The van der Waals surface area contributed by atoms with Gasteiger partial charge in [-0.25, -0.2) is 4.98 Å². The number of anilines is 1. The van der Waals surface area contributed by atoms with Crippen LogP contribution in [0.15, 0.2) is 22.7 Å². The molecule has 0 radical (unpaired) electrons. The van der Waals surface area contributed by atoms with Crippen molar-refractivity contribution in [1.29, 1.82) is 0 Å². The molecule has 0 aliphatic carbocycles. The highest BCUT2D eigenvalue weighted by atomic mass is 79.9. The summed E-state index contributed by atoms with van der Waals surface area (Å²) in [4.78, 5) is 4.56. The summed E-state index contributed by atoms with van der Waals surface area (Å²) in [6, 6.07) is 6.17. The van der Waals surface area contributed by atoms with Gasteiger partial charge in [0.2, 0.25) is 0 Å². The van der Waals surface area contributed by atoms with Crippen molar-refractivity contribution in [2.45, 2.75) is 12.8 Å². The maximum Gasteiger partial charge on any atom is 0.183 e. The minimum absolute atomic E-state index is 0.666. The lowest BCUT2D eigenvalue weighted by atomic mass is 10.3. The zero-order valence-corrected chi connectivity index (χ0v) is 13.9. The zero-order chi connectivity index (χ0) is 14.2. The van der Waals surface area contributed by atoms with Gasteiger partial charge in [-0.2, -0.15) is 0 Å². The molecule has 0 unspecified atom stereocenters. The molecular weight excluding hydrogens is 340 g/mol. The molecule has 20 heavy (non-hydrogen) atoms. The van der Waals surface area contributed by atoms with Gasteiger partial charge >= 0.3 is 0 Å². The second-order valence-electron chi connectivity index (χ2n) is 4.37. The largest absolute Gasteiger partial charge is 0.382 e. The number of aromatic nitrogens is 1. The number of fused-ring (bicyclic) bond motifs is 1. The number of rotatable bonds is 9. The highest BCUT2D eigenvalue weighted by Gasteiger charge is 2.03. The molecule has 6 heteroatoms. The molecule has 4 nitrogen and oxygen atoms in total. The second-order valence-corrected chi connectivity index (χ2v) is 6.32. The van der Waals surface area contributed by atoms with Crippen LogP contribution in [0.25, 0.3) is 10.2 Å². The van der Waals surface area contributed by atoms with Gasteiger partial charge in [0.05, 0.1) is 23.4 Å². The molecular formula is C14H19BrN2O2S. The summed E-state index contributed by atoms with van der Waals surface area (Å²) in [7, 11) is 1.68. The molecule has 0 aliphatic rings. The summed E-state index contributed by atoms with van der Waals surface area (Å²) in [5, 5.41) is 4.35. The van der Waals surface area contributed by atoms with E-state index < -0.39 is 0 Å². The number of hydrogen-bond donors (Lipinski definition) is 1. The molecule has 1 N–H and O–H groups in total. The first-order valence-corrected chi connectivity index (χ1v) is 8.27. The molecule has 0 saturated carbocycles. The summed E-state index contributed by atoms with van der Waals surface area (Å²) in [5.41, 5.74) is 1.04. The van der Waals surface area contributed by atoms with E-state index in [2.05, 4.69) is 32.3 Å². The van der Waals surface area contributed by atoms with Crippen molar-refractivity contribution in [2.75, 3.05) is 38.8 Å². The van der Waals surface area contributed by atoms with Gasteiger partial charge in [-0.15, -0.1) is 0 Å². The third-order valence-corrected chi connectivity index (χ3v) is 4.26. The van der Waals surface area contributed by atoms with Crippen LogP contribution >= 0.6 is 27.3 Å². The van der Waals surface area contributed by atoms with E-state index in [4.69, 9.17) is 9.47 Å². The fourth-order valence-corrected chi connectivity index (χ4v) is 2.97. The molecule has 1 aromatic heterocycles. The summed E-state index contributed by atoms with van der Waals surface area (Å²) >= 11 is 5.15. The predicted molar refractivity (Wildman–Crippen MR) is 87.7 cm³/mol. The van der Waals surface area contributed by atoms with Gasteiger partial charge in [0.1, 0.15) is 0 Å². The molecule has 0 amide bonds. The quantitative estimate of drug-likeness (QED) is 0.690. The summed E-state index contributed by atoms with van der Waals surface area (Å²) in [5.74, 6) is 0. The summed E-state index contributed by atoms with van der Waals surface area (Å²) in [6.45, 7) is 3.06. The Labute approximate surface area is 131 Å². The molecule has 110 valence electrons. The molecule has 0 bridgehead atoms. The van der Waals surface area contributed by atoms with Crippen LogP contribution in [0.3, 0.4) is 0 Å². The third-order valence-electron chi connectivity index (χ3n) is 2.77. The first-order chi connectivity index (χ1) is 9.79. The normalized spacial score (nSPS) is 11.1. The second kappa shape index (κ2) is 8.56. The molecule has 0 fully saturated rings. The minimum atomic E-state index is 0.666. The Balaban J connectivity index is 1.65. The molecule has 2 aromatic rings. The Kier molecular flexibility index (Phi) is 6.72. The fraction of sp³-hybridized carbons (Fsp3) is 0.500. The molecule has 2 rings (SSSR count). The number of nitrogens with one attached hydrogen (secondary N) is 1. The van der Waals surface area contributed by atoms with Gasteiger partial charge in [-0.3, -0.25) is 0 Å². The van der Waals surface area contributed by atoms with Gasteiger partial charge in [0, 0.05) is 24.7 Å². The van der Waals surface area contributed by atoms with Crippen molar-refractivity contribution in [3.05, 3.63) is 22.7 Å². The topological polar surface area (TPSA) is 43.4 Å². The lowest BCUT2D eigenvalue weighted by molar-refractivity contribution is 0.0691. The Bertz CT molecular complexity index is 533. The van der Waals surface area contributed by atoms with E-state index in [1.165, 1.54) is 4.70 Å². The number of thiazole rings is 1. The van der Waals surface area contributed by atoms with E-state index >= 15 is 0 Å². The maximum atomic E-state index is 5.42. The predicted octanol–water partition coefficient (Wildman–Crippen LogP) is 3.91. The molecule has 0 aliphatic heterocycles. The van der Waals surface area contributed by atoms with Crippen LogP contribution in [0.5, 0.6) is 0 Å². The smallest absolute Gasteiger partial charge is 0.183 e. The van der Waals surface area contributed by atoms with Crippen LogP contribution in [0, 0.1) is 0 Å². The number of ether oxygens (including phenoxy) is 2. The average Bonchev–Trinajstić information content (AvgIpc) is 2.83. The minimum Gasteiger partial charge on any atom is -0.382 e.